The van der Waals surface area contributed by atoms with Crippen molar-refractivity contribution in [3.8, 4) is 0 Å². The third-order valence-electron chi connectivity index (χ3n) is 4.59. The summed E-state index contributed by atoms with van der Waals surface area (Å²) in [6.07, 6.45) is 2.02. The van der Waals surface area contributed by atoms with Crippen molar-refractivity contribution in [3.05, 3.63) is 44.8 Å². The van der Waals surface area contributed by atoms with E-state index in [1.807, 2.05) is 29.0 Å². The van der Waals surface area contributed by atoms with Crippen molar-refractivity contribution in [1.82, 2.24) is 14.7 Å². The van der Waals surface area contributed by atoms with Crippen LogP contribution in [0, 0.1) is 0 Å². The first-order chi connectivity index (χ1) is 12.1. The van der Waals surface area contributed by atoms with E-state index >= 15 is 0 Å². The highest BCUT2D eigenvalue weighted by atomic mass is 32.1. The van der Waals surface area contributed by atoms with Gasteiger partial charge in [0.05, 0.1) is 13.2 Å². The number of amides is 4. The molecule has 2 aliphatic heterocycles. The molecule has 4 amide bonds. The summed E-state index contributed by atoms with van der Waals surface area (Å²) in [5.74, 6) is -1.45. The Kier molecular flexibility index (Phi) is 4.41. The molecular weight excluding hydrogens is 358 g/mol. The van der Waals surface area contributed by atoms with Crippen molar-refractivity contribution in [1.29, 1.82) is 0 Å². The van der Waals surface area contributed by atoms with Gasteiger partial charge in [-0.25, -0.2) is 9.69 Å². The maximum absolute atomic E-state index is 12.6. The third kappa shape index (κ3) is 3.01. The number of likely N-dealkylation sites (tertiary alicyclic amines) is 1. The molecular formula is C17H17N3O3S2. The minimum atomic E-state index is -0.731. The van der Waals surface area contributed by atoms with Crippen molar-refractivity contribution in [2.45, 2.75) is 25.4 Å². The van der Waals surface area contributed by atoms with E-state index in [4.69, 9.17) is 0 Å². The van der Waals surface area contributed by atoms with E-state index in [0.29, 0.717) is 0 Å². The van der Waals surface area contributed by atoms with Crippen LogP contribution < -0.4 is 0 Å². The van der Waals surface area contributed by atoms with Gasteiger partial charge in [0.25, 0.3) is 0 Å². The van der Waals surface area contributed by atoms with E-state index in [1.54, 1.807) is 11.3 Å². The predicted octanol–water partition coefficient (Wildman–Crippen LogP) is 2.90. The quantitative estimate of drug-likeness (QED) is 0.596. The smallest absolute Gasteiger partial charge is 0.278 e. The van der Waals surface area contributed by atoms with E-state index in [2.05, 4.69) is 11.0 Å². The van der Waals surface area contributed by atoms with Gasteiger partial charge in [-0.15, -0.1) is 22.7 Å². The van der Waals surface area contributed by atoms with Crippen molar-refractivity contribution < 1.29 is 14.4 Å². The zero-order valence-corrected chi connectivity index (χ0v) is 15.1. The predicted molar refractivity (Wildman–Crippen MR) is 95.0 cm³/mol. The molecule has 4 heterocycles. The molecule has 0 N–H and O–H groups in total. The molecule has 2 saturated heterocycles. The number of carbonyl (C=O) groups is 3. The fourth-order valence-electron chi connectivity index (χ4n) is 3.35. The highest BCUT2D eigenvalue weighted by Crippen LogP contribution is 2.35. The zero-order chi connectivity index (χ0) is 17.4. The summed E-state index contributed by atoms with van der Waals surface area (Å²) in [5, 5.41) is 3.92. The van der Waals surface area contributed by atoms with Crippen LogP contribution in [0.2, 0.25) is 0 Å². The summed E-state index contributed by atoms with van der Waals surface area (Å²) in [4.78, 5) is 43.6. The molecule has 0 spiro atoms. The lowest BCUT2D eigenvalue weighted by atomic mass is 10.2. The maximum Gasteiger partial charge on any atom is 0.335 e. The molecule has 6 nitrogen and oxygen atoms in total. The molecule has 4 rings (SSSR count). The summed E-state index contributed by atoms with van der Waals surface area (Å²) >= 11 is 3.14. The largest absolute Gasteiger partial charge is 0.335 e. The van der Waals surface area contributed by atoms with Crippen LogP contribution in [0.1, 0.15) is 28.6 Å². The van der Waals surface area contributed by atoms with Gasteiger partial charge in [0.2, 0.25) is 0 Å². The normalized spacial score (nSPS) is 21.8. The minimum absolute atomic E-state index is 0.159. The van der Waals surface area contributed by atoms with Gasteiger partial charge < -0.3 is 0 Å². The molecule has 130 valence electrons. The van der Waals surface area contributed by atoms with Crippen LogP contribution in [-0.4, -0.2) is 45.8 Å². The molecule has 0 aromatic carbocycles. The molecule has 0 bridgehead atoms. The number of urea groups is 1. The summed E-state index contributed by atoms with van der Waals surface area (Å²) < 4.78 is 0. The molecule has 2 aromatic rings. The second-order valence-corrected chi connectivity index (χ2v) is 8.13. The topological polar surface area (TPSA) is 60.9 Å². The summed E-state index contributed by atoms with van der Waals surface area (Å²) in [5.41, 5.74) is 0. The Morgan fingerprint density at radius 2 is 1.76 bits per heavy atom. The molecule has 1 atom stereocenters. The number of thiophene rings is 2. The van der Waals surface area contributed by atoms with Gasteiger partial charge in [0.1, 0.15) is 0 Å². The first kappa shape index (κ1) is 16.4. The van der Waals surface area contributed by atoms with Crippen molar-refractivity contribution in [2.24, 2.45) is 0 Å². The van der Waals surface area contributed by atoms with Gasteiger partial charge in [-0.3, -0.25) is 19.4 Å². The molecule has 8 heteroatoms. The summed E-state index contributed by atoms with van der Waals surface area (Å²) in [6, 6.07) is 7.50. The Balaban J connectivity index is 1.49. The number of hydrogen-bond acceptors (Lipinski definition) is 6. The van der Waals surface area contributed by atoms with Gasteiger partial charge in [-0.1, -0.05) is 12.1 Å². The monoisotopic (exact) mass is 375 g/mol. The lowest BCUT2D eigenvalue weighted by molar-refractivity contribution is -0.144. The Labute approximate surface area is 153 Å². The van der Waals surface area contributed by atoms with Crippen molar-refractivity contribution in [2.75, 3.05) is 13.2 Å². The van der Waals surface area contributed by atoms with E-state index in [0.717, 1.165) is 34.1 Å². The van der Waals surface area contributed by atoms with Gasteiger partial charge in [0.15, 0.2) is 0 Å². The molecule has 2 fully saturated rings. The van der Waals surface area contributed by atoms with Crippen LogP contribution in [0.4, 0.5) is 4.79 Å². The van der Waals surface area contributed by atoms with Gasteiger partial charge in [0, 0.05) is 22.3 Å². The van der Waals surface area contributed by atoms with Crippen LogP contribution in [0.15, 0.2) is 35.0 Å². The fraction of sp³-hybridized carbons (Fsp3) is 0.353. The minimum Gasteiger partial charge on any atom is -0.278 e. The van der Waals surface area contributed by atoms with Gasteiger partial charge in [-0.05, 0) is 35.7 Å². The Bertz CT molecular complexity index is 788. The van der Waals surface area contributed by atoms with Crippen LogP contribution >= 0.6 is 22.7 Å². The third-order valence-corrected chi connectivity index (χ3v) is 6.42. The number of nitrogens with zero attached hydrogens (tertiary/aromatic N) is 3. The first-order valence-corrected chi connectivity index (χ1v) is 9.88. The highest BCUT2D eigenvalue weighted by molar-refractivity contribution is 7.10. The van der Waals surface area contributed by atoms with E-state index in [-0.39, 0.29) is 19.3 Å². The van der Waals surface area contributed by atoms with Crippen LogP contribution in [-0.2, 0) is 16.1 Å². The second kappa shape index (κ2) is 6.70. The SMILES string of the molecule is O=C1C(=O)N(CN2CCC[C@H]2c2cccs2)C(=O)N1Cc1cccs1. The van der Waals surface area contributed by atoms with Gasteiger partial charge >= 0.3 is 17.8 Å². The Hall–Kier alpha value is -2.03. The summed E-state index contributed by atoms with van der Waals surface area (Å²) in [7, 11) is 0. The van der Waals surface area contributed by atoms with Crippen LogP contribution in [0.3, 0.4) is 0 Å². The lowest BCUT2D eigenvalue weighted by Gasteiger charge is -2.27. The van der Waals surface area contributed by atoms with Crippen LogP contribution in [0.25, 0.3) is 0 Å². The zero-order valence-electron chi connectivity index (χ0n) is 13.5. The number of hydrogen-bond donors (Lipinski definition) is 0. The lowest BCUT2D eigenvalue weighted by Crippen LogP contribution is -2.41. The average Bonchev–Trinajstić information content (AvgIpc) is 3.38. The van der Waals surface area contributed by atoms with Crippen molar-refractivity contribution >= 4 is 40.5 Å². The second-order valence-electron chi connectivity index (χ2n) is 6.11. The molecule has 2 aliphatic rings. The van der Waals surface area contributed by atoms with Crippen molar-refractivity contribution in [3.63, 3.8) is 0 Å². The Morgan fingerprint density at radius 1 is 1.00 bits per heavy atom. The van der Waals surface area contributed by atoms with E-state index in [9.17, 15) is 14.4 Å². The van der Waals surface area contributed by atoms with E-state index in [1.165, 1.54) is 16.2 Å². The number of carbonyl (C=O) groups excluding carboxylic acids is 3. The summed E-state index contributed by atoms with van der Waals surface area (Å²) in [6.45, 7) is 1.15. The molecule has 25 heavy (non-hydrogen) atoms. The molecule has 2 aromatic heterocycles. The van der Waals surface area contributed by atoms with E-state index < -0.39 is 17.8 Å². The maximum atomic E-state index is 12.6. The molecule has 0 unspecified atom stereocenters. The number of rotatable bonds is 5. The fourth-order valence-corrected chi connectivity index (χ4v) is 4.94. The molecule has 0 aliphatic carbocycles. The van der Waals surface area contributed by atoms with Gasteiger partial charge in [-0.2, -0.15) is 0 Å². The number of imide groups is 2. The Morgan fingerprint density at radius 3 is 2.48 bits per heavy atom. The average molecular weight is 375 g/mol. The molecule has 0 saturated carbocycles. The highest BCUT2D eigenvalue weighted by Gasteiger charge is 2.46. The standard InChI is InChI=1S/C17H17N3O3S2/c21-15-16(22)20(17(23)19(15)10-12-4-2-8-24-12)11-18-7-1-5-13(18)14-6-3-9-25-14/h2-4,6,8-9,13H,1,5,7,10-11H2/t13-/m0/s1. The molecule has 0 radical (unpaired) electrons. The first-order valence-electron chi connectivity index (χ1n) is 8.12. The van der Waals surface area contributed by atoms with Crippen LogP contribution in [0.5, 0.6) is 0 Å².